The maximum atomic E-state index is 11.8. The van der Waals surface area contributed by atoms with Gasteiger partial charge < -0.3 is 11.1 Å². The molecule has 116 valence electrons. The van der Waals surface area contributed by atoms with Crippen LogP contribution in [0.15, 0.2) is 30.3 Å². The van der Waals surface area contributed by atoms with Gasteiger partial charge in [0.1, 0.15) is 6.04 Å². The van der Waals surface area contributed by atoms with E-state index in [9.17, 15) is 9.59 Å². The molecular formula is C15H22N2O2S2. The van der Waals surface area contributed by atoms with Gasteiger partial charge in [0.05, 0.1) is 0 Å². The van der Waals surface area contributed by atoms with Crippen LogP contribution >= 0.6 is 23.5 Å². The summed E-state index contributed by atoms with van der Waals surface area (Å²) in [7, 11) is 0. The molecule has 0 heterocycles. The summed E-state index contributed by atoms with van der Waals surface area (Å²) >= 11 is 3.34. The molecule has 1 aromatic rings. The lowest BCUT2D eigenvalue weighted by atomic mass is 10.2. The highest BCUT2D eigenvalue weighted by atomic mass is 32.2. The van der Waals surface area contributed by atoms with Crippen LogP contribution < -0.4 is 11.1 Å². The van der Waals surface area contributed by atoms with Gasteiger partial charge in [-0.3, -0.25) is 9.59 Å². The molecule has 2 amide bonds. The lowest BCUT2D eigenvalue weighted by Crippen LogP contribution is -2.44. The van der Waals surface area contributed by atoms with Gasteiger partial charge in [0.2, 0.25) is 11.8 Å². The molecule has 21 heavy (non-hydrogen) atoms. The predicted octanol–water partition coefficient (Wildman–Crippen LogP) is 2.03. The summed E-state index contributed by atoms with van der Waals surface area (Å²) in [5.41, 5.74) is 6.54. The maximum absolute atomic E-state index is 11.8. The molecule has 1 atom stereocenters. The van der Waals surface area contributed by atoms with Crippen LogP contribution in [0, 0.1) is 0 Å². The second kappa shape index (κ2) is 10.6. The third-order valence-electron chi connectivity index (χ3n) is 2.87. The van der Waals surface area contributed by atoms with Crippen LogP contribution in [0.5, 0.6) is 0 Å². The first kappa shape index (κ1) is 17.9. The van der Waals surface area contributed by atoms with Crippen LogP contribution in [0.1, 0.15) is 18.4 Å². The van der Waals surface area contributed by atoms with Gasteiger partial charge in [0.15, 0.2) is 0 Å². The average Bonchev–Trinajstić information content (AvgIpc) is 2.48. The number of hydrogen-bond acceptors (Lipinski definition) is 4. The van der Waals surface area contributed by atoms with Gasteiger partial charge in [0.25, 0.3) is 0 Å². The molecule has 1 rings (SSSR count). The Morgan fingerprint density at radius 2 is 1.95 bits per heavy atom. The van der Waals surface area contributed by atoms with Crippen molar-refractivity contribution in [1.29, 1.82) is 0 Å². The molecule has 0 aromatic heterocycles. The summed E-state index contributed by atoms with van der Waals surface area (Å²) in [6, 6.07) is 9.58. The lowest BCUT2D eigenvalue weighted by molar-refractivity contribution is -0.127. The van der Waals surface area contributed by atoms with Crippen molar-refractivity contribution < 1.29 is 9.59 Å². The minimum atomic E-state index is -0.552. The molecule has 1 aromatic carbocycles. The molecule has 3 N–H and O–H groups in total. The number of thioether (sulfide) groups is 2. The standard InChI is InChI=1S/C15H22N2O2S2/c1-20-9-7-13(15(16)19)17-14(18)8-10-21-11-12-5-3-2-4-6-12/h2-6,13H,7-11H2,1H3,(H2,16,19)(H,17,18)/t13-/m0/s1. The van der Waals surface area contributed by atoms with Gasteiger partial charge in [-0.25, -0.2) is 0 Å². The molecule has 0 bridgehead atoms. The Labute approximate surface area is 134 Å². The Kier molecular flexibility index (Phi) is 9.01. The van der Waals surface area contributed by atoms with Crippen LogP contribution in [0.3, 0.4) is 0 Å². The Bertz CT molecular complexity index is 441. The minimum absolute atomic E-state index is 0.111. The largest absolute Gasteiger partial charge is 0.368 e. The zero-order valence-corrected chi connectivity index (χ0v) is 13.8. The molecule has 0 aliphatic carbocycles. The Hall–Kier alpha value is -1.14. The van der Waals surface area contributed by atoms with E-state index in [2.05, 4.69) is 17.4 Å². The lowest BCUT2D eigenvalue weighted by Gasteiger charge is -2.14. The van der Waals surface area contributed by atoms with Crippen LogP contribution in [0.25, 0.3) is 0 Å². The van der Waals surface area contributed by atoms with Gasteiger partial charge in [-0.15, -0.1) is 0 Å². The molecule has 0 unspecified atom stereocenters. The second-order valence-corrected chi connectivity index (χ2v) is 6.68. The van der Waals surface area contributed by atoms with E-state index in [0.717, 1.165) is 17.3 Å². The van der Waals surface area contributed by atoms with Crippen molar-refractivity contribution in [3.63, 3.8) is 0 Å². The van der Waals surface area contributed by atoms with E-state index < -0.39 is 11.9 Å². The number of carbonyl (C=O) groups is 2. The van der Waals surface area contributed by atoms with E-state index in [-0.39, 0.29) is 5.91 Å². The third-order valence-corrected chi connectivity index (χ3v) is 4.55. The number of hydrogen-bond donors (Lipinski definition) is 2. The molecule has 0 fully saturated rings. The Balaban J connectivity index is 2.21. The quantitative estimate of drug-likeness (QED) is 0.645. The molecule has 0 radical (unpaired) electrons. The Morgan fingerprint density at radius 3 is 2.57 bits per heavy atom. The van der Waals surface area contributed by atoms with Crippen molar-refractivity contribution in [2.75, 3.05) is 17.8 Å². The first-order valence-corrected chi connectivity index (χ1v) is 9.37. The predicted molar refractivity (Wildman–Crippen MR) is 91.3 cm³/mol. The van der Waals surface area contributed by atoms with Crippen LogP contribution in [-0.4, -0.2) is 35.6 Å². The first-order valence-electron chi connectivity index (χ1n) is 6.82. The van der Waals surface area contributed by atoms with Crippen molar-refractivity contribution >= 4 is 35.3 Å². The van der Waals surface area contributed by atoms with Crippen molar-refractivity contribution in [3.8, 4) is 0 Å². The van der Waals surface area contributed by atoms with Crippen LogP contribution in [0.2, 0.25) is 0 Å². The van der Waals surface area contributed by atoms with Crippen LogP contribution in [-0.2, 0) is 15.3 Å². The van der Waals surface area contributed by atoms with Gasteiger partial charge in [-0.2, -0.15) is 23.5 Å². The molecule has 4 nitrogen and oxygen atoms in total. The van der Waals surface area contributed by atoms with E-state index in [4.69, 9.17) is 5.73 Å². The number of amides is 2. The Morgan fingerprint density at radius 1 is 1.24 bits per heavy atom. The molecule has 0 aliphatic rings. The number of nitrogens with one attached hydrogen (secondary N) is 1. The fraction of sp³-hybridized carbons (Fsp3) is 0.467. The highest BCUT2D eigenvalue weighted by Crippen LogP contribution is 2.12. The van der Waals surface area contributed by atoms with E-state index in [1.807, 2.05) is 24.5 Å². The topological polar surface area (TPSA) is 72.2 Å². The van der Waals surface area contributed by atoms with Crippen molar-refractivity contribution in [1.82, 2.24) is 5.32 Å². The fourth-order valence-corrected chi connectivity index (χ4v) is 3.09. The minimum Gasteiger partial charge on any atom is -0.368 e. The summed E-state index contributed by atoms with van der Waals surface area (Å²) in [5, 5.41) is 2.71. The third kappa shape index (κ3) is 8.02. The van der Waals surface area contributed by atoms with Gasteiger partial charge in [-0.1, -0.05) is 30.3 Å². The number of carbonyl (C=O) groups excluding carboxylic acids is 2. The number of rotatable bonds is 10. The monoisotopic (exact) mass is 326 g/mol. The fourth-order valence-electron chi connectivity index (χ4n) is 1.72. The van der Waals surface area contributed by atoms with Crippen LogP contribution in [0.4, 0.5) is 0 Å². The summed E-state index contributed by atoms with van der Waals surface area (Å²) in [6.07, 6.45) is 2.94. The zero-order chi connectivity index (χ0) is 15.5. The van der Waals surface area contributed by atoms with Gasteiger partial charge in [0, 0.05) is 17.9 Å². The van der Waals surface area contributed by atoms with Gasteiger partial charge >= 0.3 is 0 Å². The summed E-state index contributed by atoms with van der Waals surface area (Å²) in [6.45, 7) is 0. The van der Waals surface area contributed by atoms with E-state index >= 15 is 0 Å². The molecular weight excluding hydrogens is 304 g/mol. The normalized spacial score (nSPS) is 11.9. The molecule has 0 saturated carbocycles. The summed E-state index contributed by atoms with van der Waals surface area (Å²) in [5.74, 6) is 1.85. The number of nitrogens with two attached hydrogens (primary N) is 1. The highest BCUT2D eigenvalue weighted by Gasteiger charge is 2.17. The van der Waals surface area contributed by atoms with Crippen molar-refractivity contribution in [2.24, 2.45) is 5.73 Å². The average molecular weight is 326 g/mol. The van der Waals surface area contributed by atoms with Gasteiger partial charge in [-0.05, 0) is 24.0 Å². The number of primary amides is 1. The first-order chi connectivity index (χ1) is 10.1. The second-order valence-electron chi connectivity index (χ2n) is 4.59. The summed E-state index contributed by atoms with van der Waals surface area (Å²) in [4.78, 5) is 23.0. The molecule has 0 spiro atoms. The highest BCUT2D eigenvalue weighted by molar-refractivity contribution is 7.98. The summed E-state index contributed by atoms with van der Waals surface area (Å²) < 4.78 is 0. The van der Waals surface area contributed by atoms with E-state index in [1.165, 1.54) is 5.56 Å². The maximum Gasteiger partial charge on any atom is 0.240 e. The molecule has 0 saturated heterocycles. The van der Waals surface area contributed by atoms with E-state index in [1.54, 1.807) is 23.5 Å². The number of benzene rings is 1. The van der Waals surface area contributed by atoms with Crippen molar-refractivity contribution in [3.05, 3.63) is 35.9 Å². The molecule has 0 aliphatic heterocycles. The zero-order valence-electron chi connectivity index (χ0n) is 12.2. The smallest absolute Gasteiger partial charge is 0.240 e. The molecule has 6 heteroatoms. The van der Waals surface area contributed by atoms with Crippen molar-refractivity contribution in [2.45, 2.75) is 24.6 Å². The van der Waals surface area contributed by atoms with E-state index in [0.29, 0.717) is 12.8 Å². The SMILES string of the molecule is CSCC[C@H](NC(=O)CCSCc1ccccc1)C(N)=O.